The summed E-state index contributed by atoms with van der Waals surface area (Å²) in [6, 6.07) is 5.29. The Hall–Kier alpha value is -1.36. The van der Waals surface area contributed by atoms with Crippen LogP contribution in [0, 0.1) is 6.92 Å². The van der Waals surface area contributed by atoms with Crippen molar-refractivity contribution in [2.45, 2.75) is 19.9 Å². The van der Waals surface area contributed by atoms with Gasteiger partial charge in [0.2, 0.25) is 0 Å². The van der Waals surface area contributed by atoms with Crippen LogP contribution in [-0.4, -0.2) is 19.7 Å². The first kappa shape index (κ1) is 14.6. The fourth-order valence-corrected chi connectivity index (χ4v) is 2.97. The van der Waals surface area contributed by atoms with Crippen molar-refractivity contribution in [2.24, 2.45) is 0 Å². The third-order valence-electron chi connectivity index (χ3n) is 3.32. The number of hydrogen-bond donors (Lipinski definition) is 0. The minimum atomic E-state index is -0.112. The van der Waals surface area contributed by atoms with Crippen molar-refractivity contribution in [1.82, 2.24) is 19.7 Å². The largest absolute Gasteiger partial charge is 0.248 e. The van der Waals surface area contributed by atoms with Crippen LogP contribution in [0.2, 0.25) is 15.2 Å². The Bertz CT molecular complexity index is 828. The Labute approximate surface area is 136 Å². The molecule has 0 saturated heterocycles. The van der Waals surface area contributed by atoms with Crippen LogP contribution in [0.25, 0.3) is 11.2 Å². The van der Waals surface area contributed by atoms with Crippen molar-refractivity contribution in [3.8, 4) is 0 Å². The standard InChI is InChI=1S/C14H11Cl3N4/c1-7-13-14(19-12(17)6-18-13)21(20-7)8(2)10-4-3-9(15)5-11(10)16/h3-6,8H,1-2H3. The van der Waals surface area contributed by atoms with Gasteiger partial charge in [-0.05, 0) is 31.5 Å². The van der Waals surface area contributed by atoms with Crippen LogP contribution in [0.5, 0.6) is 0 Å². The summed E-state index contributed by atoms with van der Waals surface area (Å²) < 4.78 is 1.78. The highest BCUT2D eigenvalue weighted by molar-refractivity contribution is 6.35. The fraction of sp³-hybridized carbons (Fsp3) is 0.214. The Morgan fingerprint density at radius 2 is 1.95 bits per heavy atom. The summed E-state index contributed by atoms with van der Waals surface area (Å²) >= 11 is 18.2. The predicted octanol–water partition coefficient (Wildman–Crippen LogP) is 4.70. The summed E-state index contributed by atoms with van der Waals surface area (Å²) in [6.45, 7) is 3.88. The number of halogens is 3. The van der Waals surface area contributed by atoms with E-state index in [0.717, 1.165) is 16.8 Å². The highest BCUT2D eigenvalue weighted by atomic mass is 35.5. The summed E-state index contributed by atoms with van der Waals surface area (Å²) in [5, 5.41) is 6.03. The molecule has 0 N–H and O–H groups in total. The molecule has 1 unspecified atom stereocenters. The molecule has 0 amide bonds. The average molecular weight is 342 g/mol. The van der Waals surface area contributed by atoms with E-state index >= 15 is 0 Å². The van der Waals surface area contributed by atoms with E-state index in [4.69, 9.17) is 34.8 Å². The lowest BCUT2D eigenvalue weighted by Gasteiger charge is -2.15. The van der Waals surface area contributed by atoms with Crippen molar-refractivity contribution in [3.63, 3.8) is 0 Å². The fourth-order valence-electron chi connectivity index (χ4n) is 2.27. The molecule has 21 heavy (non-hydrogen) atoms. The van der Waals surface area contributed by atoms with Gasteiger partial charge in [0.15, 0.2) is 5.65 Å². The van der Waals surface area contributed by atoms with Gasteiger partial charge in [-0.25, -0.2) is 14.6 Å². The van der Waals surface area contributed by atoms with Gasteiger partial charge in [-0.1, -0.05) is 40.9 Å². The van der Waals surface area contributed by atoms with Gasteiger partial charge in [-0.15, -0.1) is 0 Å². The van der Waals surface area contributed by atoms with Crippen LogP contribution in [0.3, 0.4) is 0 Å². The Morgan fingerprint density at radius 3 is 2.67 bits per heavy atom. The SMILES string of the molecule is Cc1nn(C(C)c2ccc(Cl)cc2Cl)c2nc(Cl)cnc12. The molecule has 0 aliphatic heterocycles. The molecule has 2 heterocycles. The molecule has 2 aromatic heterocycles. The number of hydrogen-bond acceptors (Lipinski definition) is 3. The van der Waals surface area contributed by atoms with E-state index < -0.39 is 0 Å². The lowest BCUT2D eigenvalue weighted by Crippen LogP contribution is -2.10. The smallest absolute Gasteiger partial charge is 0.179 e. The average Bonchev–Trinajstić information content (AvgIpc) is 2.75. The highest BCUT2D eigenvalue weighted by Gasteiger charge is 2.19. The first-order valence-corrected chi connectivity index (χ1v) is 7.43. The second kappa shape index (κ2) is 5.44. The second-order valence-electron chi connectivity index (χ2n) is 4.74. The second-order valence-corrected chi connectivity index (χ2v) is 5.97. The van der Waals surface area contributed by atoms with Gasteiger partial charge in [-0.2, -0.15) is 5.10 Å². The third kappa shape index (κ3) is 2.59. The van der Waals surface area contributed by atoms with Crippen molar-refractivity contribution in [2.75, 3.05) is 0 Å². The van der Waals surface area contributed by atoms with E-state index in [-0.39, 0.29) is 6.04 Å². The number of aromatic nitrogens is 4. The van der Waals surface area contributed by atoms with Crippen LogP contribution in [-0.2, 0) is 0 Å². The van der Waals surface area contributed by atoms with Gasteiger partial charge in [-0.3, -0.25) is 0 Å². The number of aryl methyl sites for hydroxylation is 1. The van der Waals surface area contributed by atoms with E-state index in [0.29, 0.717) is 20.8 Å². The van der Waals surface area contributed by atoms with Gasteiger partial charge < -0.3 is 0 Å². The zero-order valence-corrected chi connectivity index (χ0v) is 13.6. The molecule has 1 atom stereocenters. The number of nitrogens with zero attached hydrogens (tertiary/aromatic N) is 4. The monoisotopic (exact) mass is 340 g/mol. The number of fused-ring (bicyclic) bond motifs is 1. The molecule has 0 radical (unpaired) electrons. The van der Waals surface area contributed by atoms with Crippen LogP contribution in [0.15, 0.2) is 24.4 Å². The molecular weight excluding hydrogens is 331 g/mol. The highest BCUT2D eigenvalue weighted by Crippen LogP contribution is 2.30. The van der Waals surface area contributed by atoms with E-state index in [9.17, 15) is 0 Å². The van der Waals surface area contributed by atoms with E-state index in [1.54, 1.807) is 16.8 Å². The summed E-state index contributed by atoms with van der Waals surface area (Å²) in [5.74, 6) is 0. The van der Waals surface area contributed by atoms with Crippen LogP contribution in [0.1, 0.15) is 24.2 Å². The molecule has 1 aromatic carbocycles. The lowest BCUT2D eigenvalue weighted by molar-refractivity contribution is 0.575. The first-order valence-electron chi connectivity index (χ1n) is 6.29. The summed E-state index contributed by atoms with van der Waals surface area (Å²) in [4.78, 5) is 8.61. The Kier molecular flexibility index (Phi) is 3.78. The normalized spacial score (nSPS) is 12.8. The minimum absolute atomic E-state index is 0.112. The molecule has 108 valence electrons. The van der Waals surface area contributed by atoms with Crippen molar-refractivity contribution in [1.29, 1.82) is 0 Å². The summed E-state index contributed by atoms with van der Waals surface area (Å²) in [5.41, 5.74) is 3.08. The van der Waals surface area contributed by atoms with Crippen molar-refractivity contribution < 1.29 is 0 Å². The van der Waals surface area contributed by atoms with E-state index in [2.05, 4.69) is 15.1 Å². The Morgan fingerprint density at radius 1 is 1.19 bits per heavy atom. The molecule has 7 heteroatoms. The van der Waals surface area contributed by atoms with E-state index in [1.807, 2.05) is 19.9 Å². The molecule has 3 aromatic rings. The maximum Gasteiger partial charge on any atom is 0.179 e. The zero-order valence-electron chi connectivity index (χ0n) is 11.3. The van der Waals surface area contributed by atoms with Gasteiger partial charge in [0.1, 0.15) is 10.7 Å². The van der Waals surface area contributed by atoms with Gasteiger partial charge in [0.05, 0.1) is 17.9 Å². The zero-order chi connectivity index (χ0) is 15.1. The van der Waals surface area contributed by atoms with Gasteiger partial charge in [0.25, 0.3) is 0 Å². The molecule has 0 bridgehead atoms. The maximum absolute atomic E-state index is 6.28. The number of rotatable bonds is 2. The molecular formula is C14H11Cl3N4. The predicted molar refractivity (Wildman–Crippen MR) is 85.3 cm³/mol. The van der Waals surface area contributed by atoms with Crippen LogP contribution < -0.4 is 0 Å². The van der Waals surface area contributed by atoms with Gasteiger partial charge >= 0.3 is 0 Å². The first-order chi connectivity index (χ1) is 9.97. The molecule has 3 rings (SSSR count). The van der Waals surface area contributed by atoms with E-state index in [1.165, 1.54) is 6.20 Å². The molecule has 0 saturated carbocycles. The minimum Gasteiger partial charge on any atom is -0.248 e. The van der Waals surface area contributed by atoms with Crippen molar-refractivity contribution in [3.05, 3.63) is 50.9 Å². The third-order valence-corrected chi connectivity index (χ3v) is 4.07. The van der Waals surface area contributed by atoms with Crippen molar-refractivity contribution >= 4 is 46.0 Å². The Balaban J connectivity index is 2.17. The summed E-state index contributed by atoms with van der Waals surface area (Å²) in [6.07, 6.45) is 1.52. The number of benzene rings is 1. The van der Waals surface area contributed by atoms with Crippen LogP contribution in [0.4, 0.5) is 0 Å². The lowest BCUT2D eigenvalue weighted by atomic mass is 10.1. The quantitative estimate of drug-likeness (QED) is 0.678. The molecule has 0 fully saturated rings. The molecule has 4 nitrogen and oxygen atoms in total. The molecule has 0 spiro atoms. The van der Waals surface area contributed by atoms with Crippen LogP contribution >= 0.6 is 34.8 Å². The van der Waals surface area contributed by atoms with Gasteiger partial charge in [0, 0.05) is 10.0 Å². The topological polar surface area (TPSA) is 43.6 Å². The maximum atomic E-state index is 6.28. The molecule has 0 aliphatic rings. The molecule has 0 aliphatic carbocycles. The summed E-state index contributed by atoms with van der Waals surface area (Å²) in [7, 11) is 0.